The van der Waals surface area contributed by atoms with E-state index in [-0.39, 0.29) is 16.9 Å². The average molecular weight is 308 g/mol. The van der Waals surface area contributed by atoms with Crippen LogP contribution in [0.3, 0.4) is 0 Å². The molecule has 0 radical (unpaired) electrons. The average Bonchev–Trinajstić information content (AvgIpc) is 2.36. The standard InChI is InChI=1S/C12H10O6.C3H6O/c1-7(13)17-11(15)9-5-3-4-6-10(9)12(16)18-8(2)14;1-3(2)4/h3-6H,1-2H3;1-2H3. The maximum absolute atomic E-state index is 11.5. The molecule has 0 spiro atoms. The van der Waals surface area contributed by atoms with Gasteiger partial charge in [-0.25, -0.2) is 9.59 Å². The predicted molar refractivity (Wildman–Crippen MR) is 75.0 cm³/mol. The van der Waals surface area contributed by atoms with Crippen molar-refractivity contribution < 1.29 is 33.4 Å². The van der Waals surface area contributed by atoms with Gasteiger partial charge in [0.25, 0.3) is 0 Å². The monoisotopic (exact) mass is 308 g/mol. The molecule has 1 aromatic carbocycles. The van der Waals surface area contributed by atoms with Gasteiger partial charge in [0, 0.05) is 13.8 Å². The van der Waals surface area contributed by atoms with E-state index in [1.165, 1.54) is 38.1 Å². The Morgan fingerprint density at radius 1 is 0.682 bits per heavy atom. The molecular weight excluding hydrogens is 292 g/mol. The number of hydrogen-bond donors (Lipinski definition) is 0. The second kappa shape index (κ2) is 9.17. The first kappa shape index (κ1) is 19.2. The van der Waals surface area contributed by atoms with Crippen molar-refractivity contribution >= 4 is 29.7 Å². The number of Topliss-reactive ketones (excluding diaryl/α,β-unsaturated/α-hetero) is 1. The maximum Gasteiger partial charge on any atom is 0.346 e. The van der Waals surface area contributed by atoms with Crippen LogP contribution in [0.5, 0.6) is 0 Å². The number of hydrogen-bond acceptors (Lipinski definition) is 7. The van der Waals surface area contributed by atoms with E-state index in [4.69, 9.17) is 0 Å². The zero-order valence-corrected chi connectivity index (χ0v) is 12.7. The topological polar surface area (TPSA) is 104 Å². The highest BCUT2D eigenvalue weighted by Crippen LogP contribution is 2.12. The summed E-state index contributed by atoms with van der Waals surface area (Å²) in [6.07, 6.45) is 0. The van der Waals surface area contributed by atoms with Gasteiger partial charge in [0.2, 0.25) is 0 Å². The quantitative estimate of drug-likeness (QED) is 0.604. The smallest absolute Gasteiger partial charge is 0.346 e. The minimum absolute atomic E-state index is 0.140. The first-order valence-corrected chi connectivity index (χ1v) is 6.16. The molecule has 0 aliphatic heterocycles. The van der Waals surface area contributed by atoms with Crippen LogP contribution in [-0.2, 0) is 23.9 Å². The van der Waals surface area contributed by atoms with E-state index in [0.29, 0.717) is 0 Å². The van der Waals surface area contributed by atoms with Crippen LogP contribution in [-0.4, -0.2) is 29.7 Å². The van der Waals surface area contributed by atoms with Gasteiger partial charge in [-0.05, 0) is 26.0 Å². The fraction of sp³-hybridized carbons (Fsp3) is 0.267. The highest BCUT2D eigenvalue weighted by molar-refractivity contribution is 6.07. The Morgan fingerprint density at radius 2 is 0.955 bits per heavy atom. The second-order valence-electron chi connectivity index (χ2n) is 4.22. The Balaban J connectivity index is 0.000000980. The van der Waals surface area contributed by atoms with Crippen molar-refractivity contribution in [2.45, 2.75) is 27.7 Å². The first-order chi connectivity index (χ1) is 10.1. The molecule has 0 saturated carbocycles. The summed E-state index contributed by atoms with van der Waals surface area (Å²) in [5.74, 6) is -3.37. The molecule has 0 bridgehead atoms. The lowest BCUT2D eigenvalue weighted by molar-refractivity contribution is -0.136. The fourth-order valence-electron chi connectivity index (χ4n) is 1.21. The van der Waals surface area contributed by atoms with Gasteiger partial charge in [0.1, 0.15) is 5.78 Å². The summed E-state index contributed by atoms with van der Waals surface area (Å²) in [6, 6.07) is 5.56. The van der Waals surface area contributed by atoms with Gasteiger partial charge in [-0.15, -0.1) is 0 Å². The van der Waals surface area contributed by atoms with Crippen LogP contribution in [0.15, 0.2) is 24.3 Å². The molecule has 0 unspecified atom stereocenters. The number of benzene rings is 1. The summed E-state index contributed by atoms with van der Waals surface area (Å²) >= 11 is 0. The Labute approximate surface area is 127 Å². The van der Waals surface area contributed by atoms with E-state index < -0.39 is 23.9 Å². The summed E-state index contributed by atoms with van der Waals surface area (Å²) in [7, 11) is 0. The largest absolute Gasteiger partial charge is 0.390 e. The molecule has 1 aromatic rings. The SMILES string of the molecule is CC(=O)OC(=O)c1ccccc1C(=O)OC(C)=O.CC(C)=O. The summed E-state index contributed by atoms with van der Waals surface area (Å²) in [4.78, 5) is 53.9. The molecule has 0 aliphatic rings. The van der Waals surface area contributed by atoms with Crippen molar-refractivity contribution in [1.29, 1.82) is 0 Å². The van der Waals surface area contributed by atoms with Crippen molar-refractivity contribution in [3.8, 4) is 0 Å². The van der Waals surface area contributed by atoms with Crippen LogP contribution < -0.4 is 0 Å². The summed E-state index contributed by atoms with van der Waals surface area (Å²) in [5, 5.41) is 0. The molecule has 0 saturated heterocycles. The summed E-state index contributed by atoms with van der Waals surface area (Å²) < 4.78 is 8.72. The van der Waals surface area contributed by atoms with Gasteiger partial charge in [0.05, 0.1) is 11.1 Å². The summed E-state index contributed by atoms with van der Waals surface area (Å²) in [6.45, 7) is 5.18. The number of esters is 4. The molecule has 1 rings (SSSR count). The van der Waals surface area contributed by atoms with E-state index >= 15 is 0 Å². The molecule has 0 aliphatic carbocycles. The van der Waals surface area contributed by atoms with Crippen LogP contribution in [0.25, 0.3) is 0 Å². The molecule has 0 amide bonds. The van der Waals surface area contributed by atoms with Crippen LogP contribution in [0.4, 0.5) is 0 Å². The lowest BCUT2D eigenvalue weighted by Gasteiger charge is -2.06. The molecule has 118 valence electrons. The van der Waals surface area contributed by atoms with Crippen LogP contribution in [0, 0.1) is 0 Å². The molecule has 0 aromatic heterocycles. The zero-order chi connectivity index (χ0) is 17.3. The Bertz CT molecular complexity index is 551. The third-order valence-electron chi connectivity index (χ3n) is 1.84. The number of rotatable bonds is 2. The molecule has 0 fully saturated rings. The number of ether oxygens (including phenoxy) is 2. The van der Waals surface area contributed by atoms with Gasteiger partial charge in [-0.2, -0.15) is 0 Å². The molecule has 7 nitrogen and oxygen atoms in total. The Morgan fingerprint density at radius 3 is 1.18 bits per heavy atom. The highest BCUT2D eigenvalue weighted by Gasteiger charge is 2.20. The van der Waals surface area contributed by atoms with Gasteiger partial charge < -0.3 is 14.3 Å². The van der Waals surface area contributed by atoms with Crippen LogP contribution >= 0.6 is 0 Å². The molecular formula is C15H16O7. The maximum atomic E-state index is 11.5. The number of carbonyl (C=O) groups is 5. The fourth-order valence-corrected chi connectivity index (χ4v) is 1.21. The van der Waals surface area contributed by atoms with Crippen molar-refractivity contribution in [2.24, 2.45) is 0 Å². The highest BCUT2D eigenvalue weighted by atomic mass is 16.6. The molecule has 0 N–H and O–H groups in total. The van der Waals surface area contributed by atoms with E-state index in [1.807, 2.05) is 0 Å². The predicted octanol–water partition coefficient (Wildman–Crippen LogP) is 1.69. The van der Waals surface area contributed by atoms with Crippen molar-refractivity contribution in [2.75, 3.05) is 0 Å². The van der Waals surface area contributed by atoms with Gasteiger partial charge in [0.15, 0.2) is 0 Å². The second-order valence-corrected chi connectivity index (χ2v) is 4.22. The van der Waals surface area contributed by atoms with E-state index in [1.54, 1.807) is 0 Å². The summed E-state index contributed by atoms with van der Waals surface area (Å²) in [5.41, 5.74) is -0.280. The van der Waals surface area contributed by atoms with Gasteiger partial charge in [-0.1, -0.05) is 12.1 Å². The third-order valence-corrected chi connectivity index (χ3v) is 1.84. The molecule has 7 heteroatoms. The lowest BCUT2D eigenvalue weighted by atomic mass is 10.1. The van der Waals surface area contributed by atoms with Crippen LogP contribution in [0.1, 0.15) is 48.4 Å². The third kappa shape index (κ3) is 7.68. The van der Waals surface area contributed by atoms with Crippen molar-refractivity contribution in [1.82, 2.24) is 0 Å². The minimum Gasteiger partial charge on any atom is -0.390 e. The van der Waals surface area contributed by atoms with Gasteiger partial charge >= 0.3 is 23.9 Å². The van der Waals surface area contributed by atoms with E-state index in [9.17, 15) is 24.0 Å². The Hall–Kier alpha value is -2.83. The lowest BCUT2D eigenvalue weighted by Crippen LogP contribution is -2.17. The normalized spacial score (nSPS) is 8.91. The van der Waals surface area contributed by atoms with Crippen LogP contribution in [0.2, 0.25) is 0 Å². The van der Waals surface area contributed by atoms with Crippen molar-refractivity contribution in [3.05, 3.63) is 35.4 Å². The van der Waals surface area contributed by atoms with E-state index in [2.05, 4.69) is 9.47 Å². The number of ketones is 1. The molecule has 0 heterocycles. The number of carbonyl (C=O) groups excluding carboxylic acids is 5. The molecule has 0 atom stereocenters. The molecule has 22 heavy (non-hydrogen) atoms. The van der Waals surface area contributed by atoms with Gasteiger partial charge in [-0.3, -0.25) is 9.59 Å². The Kier molecular flexibility index (Phi) is 7.99. The van der Waals surface area contributed by atoms with Crippen molar-refractivity contribution in [3.63, 3.8) is 0 Å². The minimum atomic E-state index is -0.974. The van der Waals surface area contributed by atoms with E-state index in [0.717, 1.165) is 13.8 Å². The first-order valence-electron chi connectivity index (χ1n) is 6.16. The zero-order valence-electron chi connectivity index (χ0n) is 12.7.